The maximum absolute atomic E-state index is 11.9. The second-order valence-electron chi connectivity index (χ2n) is 7.38. The predicted molar refractivity (Wildman–Crippen MR) is 82.2 cm³/mol. The highest BCUT2D eigenvalue weighted by atomic mass is 16.5. The summed E-state index contributed by atoms with van der Waals surface area (Å²) >= 11 is 0. The number of carbonyl (C=O) groups is 1. The SMILES string of the molecule is COC(=O)c1cccnc1NC1C2(C)CCC(C2)C1(C)C. The van der Waals surface area contributed by atoms with Crippen molar-refractivity contribution in [1.29, 1.82) is 0 Å². The van der Waals surface area contributed by atoms with Gasteiger partial charge in [-0.25, -0.2) is 9.78 Å². The molecular weight excluding hydrogens is 264 g/mol. The number of aromatic nitrogens is 1. The van der Waals surface area contributed by atoms with Crippen molar-refractivity contribution in [2.75, 3.05) is 12.4 Å². The molecule has 3 rings (SSSR count). The van der Waals surface area contributed by atoms with E-state index in [2.05, 4.69) is 31.1 Å². The third-order valence-corrected chi connectivity index (χ3v) is 5.76. The molecule has 2 saturated carbocycles. The zero-order valence-electron chi connectivity index (χ0n) is 13.3. The summed E-state index contributed by atoms with van der Waals surface area (Å²) in [4.78, 5) is 16.3. The summed E-state index contributed by atoms with van der Waals surface area (Å²) in [7, 11) is 1.40. The van der Waals surface area contributed by atoms with E-state index in [0.717, 1.165) is 5.92 Å². The monoisotopic (exact) mass is 288 g/mol. The van der Waals surface area contributed by atoms with Crippen molar-refractivity contribution < 1.29 is 9.53 Å². The van der Waals surface area contributed by atoms with Gasteiger partial charge in [0, 0.05) is 12.2 Å². The molecule has 1 aromatic heterocycles. The van der Waals surface area contributed by atoms with Crippen molar-refractivity contribution in [3.8, 4) is 0 Å². The fourth-order valence-corrected chi connectivity index (χ4v) is 4.59. The Bertz CT molecular complexity index is 565. The van der Waals surface area contributed by atoms with Crippen LogP contribution in [0, 0.1) is 16.7 Å². The molecule has 0 aliphatic heterocycles. The lowest BCUT2D eigenvalue weighted by Crippen LogP contribution is -2.46. The minimum absolute atomic E-state index is 0.220. The molecule has 2 aliphatic carbocycles. The summed E-state index contributed by atoms with van der Waals surface area (Å²) in [6, 6.07) is 3.87. The lowest BCUT2D eigenvalue weighted by molar-refractivity contribution is 0.0600. The van der Waals surface area contributed by atoms with Crippen molar-refractivity contribution in [3.05, 3.63) is 23.9 Å². The number of pyridine rings is 1. The van der Waals surface area contributed by atoms with Crippen LogP contribution in [0.1, 0.15) is 50.4 Å². The minimum Gasteiger partial charge on any atom is -0.465 e. The van der Waals surface area contributed by atoms with Gasteiger partial charge in [-0.15, -0.1) is 0 Å². The fraction of sp³-hybridized carbons (Fsp3) is 0.647. The molecule has 0 radical (unpaired) electrons. The molecule has 3 atom stereocenters. The molecule has 1 aromatic rings. The Labute approximate surface area is 126 Å². The van der Waals surface area contributed by atoms with Gasteiger partial charge in [0.05, 0.1) is 7.11 Å². The highest BCUT2D eigenvalue weighted by Gasteiger charge is 2.59. The highest BCUT2D eigenvalue weighted by Crippen LogP contribution is 2.63. The van der Waals surface area contributed by atoms with E-state index in [1.165, 1.54) is 26.4 Å². The summed E-state index contributed by atoms with van der Waals surface area (Å²) in [5, 5.41) is 3.57. The average molecular weight is 288 g/mol. The van der Waals surface area contributed by atoms with Crippen molar-refractivity contribution in [1.82, 2.24) is 4.98 Å². The van der Waals surface area contributed by atoms with Crippen LogP contribution in [-0.2, 0) is 4.74 Å². The van der Waals surface area contributed by atoms with Gasteiger partial charge in [-0.2, -0.15) is 0 Å². The molecule has 1 N–H and O–H groups in total. The second-order valence-corrected chi connectivity index (χ2v) is 7.38. The first-order chi connectivity index (χ1) is 9.88. The highest BCUT2D eigenvalue weighted by molar-refractivity contribution is 5.94. The lowest BCUT2D eigenvalue weighted by atomic mass is 9.68. The van der Waals surface area contributed by atoms with Crippen LogP contribution in [0.2, 0.25) is 0 Å². The smallest absolute Gasteiger partial charge is 0.341 e. The number of rotatable bonds is 3. The van der Waals surface area contributed by atoms with Gasteiger partial charge in [0.1, 0.15) is 11.4 Å². The molecule has 0 saturated heterocycles. The summed E-state index contributed by atoms with van der Waals surface area (Å²) in [6.07, 6.45) is 5.54. The van der Waals surface area contributed by atoms with Crippen LogP contribution in [0.4, 0.5) is 5.82 Å². The summed E-state index contributed by atoms with van der Waals surface area (Å²) in [5.41, 5.74) is 1.03. The fourth-order valence-electron chi connectivity index (χ4n) is 4.59. The zero-order valence-corrected chi connectivity index (χ0v) is 13.3. The Morgan fingerprint density at radius 2 is 2.19 bits per heavy atom. The first-order valence-electron chi connectivity index (χ1n) is 7.68. The molecular formula is C17H24N2O2. The number of ether oxygens (including phenoxy) is 1. The maximum Gasteiger partial charge on any atom is 0.341 e. The van der Waals surface area contributed by atoms with Crippen molar-refractivity contribution in [3.63, 3.8) is 0 Å². The molecule has 2 bridgehead atoms. The van der Waals surface area contributed by atoms with Gasteiger partial charge in [0.15, 0.2) is 0 Å². The standard InChI is InChI=1S/C17H24N2O2/c1-16(2)11-7-8-17(3,10-11)15(16)19-13-12(14(20)21-4)6-5-9-18-13/h5-6,9,11,15H,7-8,10H2,1-4H3,(H,18,19). The van der Waals surface area contributed by atoms with E-state index in [-0.39, 0.29) is 11.4 Å². The normalized spacial score (nSPS) is 33.0. The number of hydrogen-bond acceptors (Lipinski definition) is 4. The van der Waals surface area contributed by atoms with Gasteiger partial charge in [0.2, 0.25) is 0 Å². The number of esters is 1. The predicted octanol–water partition coefficient (Wildman–Crippen LogP) is 3.49. The number of anilines is 1. The number of fused-ring (bicyclic) bond motifs is 2. The average Bonchev–Trinajstić information content (AvgIpc) is 2.94. The molecule has 4 nitrogen and oxygen atoms in total. The van der Waals surface area contributed by atoms with E-state index in [0.29, 0.717) is 22.8 Å². The Kier molecular flexibility index (Phi) is 3.23. The van der Waals surface area contributed by atoms with Gasteiger partial charge in [-0.3, -0.25) is 0 Å². The van der Waals surface area contributed by atoms with Crippen LogP contribution < -0.4 is 5.32 Å². The van der Waals surface area contributed by atoms with Crippen molar-refractivity contribution >= 4 is 11.8 Å². The molecule has 0 aromatic carbocycles. The largest absolute Gasteiger partial charge is 0.465 e. The Morgan fingerprint density at radius 1 is 1.43 bits per heavy atom. The second kappa shape index (κ2) is 4.72. The van der Waals surface area contributed by atoms with Gasteiger partial charge >= 0.3 is 5.97 Å². The van der Waals surface area contributed by atoms with Gasteiger partial charge < -0.3 is 10.1 Å². The van der Waals surface area contributed by atoms with E-state index in [9.17, 15) is 4.79 Å². The molecule has 114 valence electrons. The third kappa shape index (κ3) is 2.12. The van der Waals surface area contributed by atoms with Crippen LogP contribution in [0.15, 0.2) is 18.3 Å². The summed E-state index contributed by atoms with van der Waals surface area (Å²) in [5.74, 6) is 1.07. The molecule has 2 aliphatic rings. The van der Waals surface area contributed by atoms with Crippen LogP contribution in [0.25, 0.3) is 0 Å². The van der Waals surface area contributed by atoms with E-state index >= 15 is 0 Å². The number of methoxy groups -OCH3 is 1. The van der Waals surface area contributed by atoms with Gasteiger partial charge in [-0.1, -0.05) is 20.8 Å². The van der Waals surface area contributed by atoms with Gasteiger partial charge in [0.25, 0.3) is 0 Å². The Balaban J connectivity index is 1.92. The zero-order chi connectivity index (χ0) is 15.3. The first-order valence-corrected chi connectivity index (χ1v) is 7.68. The third-order valence-electron chi connectivity index (χ3n) is 5.76. The maximum atomic E-state index is 11.9. The quantitative estimate of drug-likeness (QED) is 0.865. The summed E-state index contributed by atoms with van der Waals surface area (Å²) < 4.78 is 4.86. The lowest BCUT2D eigenvalue weighted by Gasteiger charge is -2.43. The number of nitrogens with zero attached hydrogens (tertiary/aromatic N) is 1. The van der Waals surface area contributed by atoms with Crippen LogP contribution >= 0.6 is 0 Å². The van der Waals surface area contributed by atoms with Crippen LogP contribution in [0.5, 0.6) is 0 Å². The van der Waals surface area contributed by atoms with E-state index in [1.54, 1.807) is 18.3 Å². The van der Waals surface area contributed by atoms with Crippen LogP contribution in [-0.4, -0.2) is 24.1 Å². The number of carbonyl (C=O) groups excluding carboxylic acids is 1. The van der Waals surface area contributed by atoms with E-state index in [4.69, 9.17) is 4.74 Å². The number of nitrogens with one attached hydrogen (secondary N) is 1. The molecule has 21 heavy (non-hydrogen) atoms. The Hall–Kier alpha value is -1.58. The number of hydrogen-bond donors (Lipinski definition) is 1. The molecule has 4 heteroatoms. The minimum atomic E-state index is -0.336. The first kappa shape index (κ1) is 14.4. The molecule has 1 heterocycles. The molecule has 0 amide bonds. The molecule has 2 fully saturated rings. The van der Waals surface area contributed by atoms with Gasteiger partial charge in [-0.05, 0) is 48.1 Å². The Morgan fingerprint density at radius 3 is 2.81 bits per heavy atom. The van der Waals surface area contributed by atoms with E-state index in [1.807, 2.05) is 0 Å². The molecule has 0 spiro atoms. The van der Waals surface area contributed by atoms with Crippen molar-refractivity contribution in [2.45, 2.75) is 46.1 Å². The van der Waals surface area contributed by atoms with E-state index < -0.39 is 0 Å². The topological polar surface area (TPSA) is 51.2 Å². The van der Waals surface area contributed by atoms with Crippen molar-refractivity contribution in [2.24, 2.45) is 16.7 Å². The summed E-state index contributed by atoms with van der Waals surface area (Å²) in [6.45, 7) is 7.03. The van der Waals surface area contributed by atoms with Crippen LogP contribution in [0.3, 0.4) is 0 Å². The molecule has 3 unspecified atom stereocenters.